The van der Waals surface area contributed by atoms with Crippen LogP contribution in [0.4, 0.5) is 0 Å². The van der Waals surface area contributed by atoms with Gasteiger partial charge >= 0.3 is 0 Å². The van der Waals surface area contributed by atoms with Crippen molar-refractivity contribution in [1.82, 2.24) is 9.97 Å². The molecule has 1 aromatic carbocycles. The van der Waals surface area contributed by atoms with Crippen LogP contribution in [0, 0.1) is 6.92 Å². The lowest BCUT2D eigenvalue weighted by molar-refractivity contribution is 0.436. The minimum atomic E-state index is 0.197. The van der Waals surface area contributed by atoms with E-state index in [1.54, 1.807) is 31.3 Å². The molecular formula is C11H9BrN2O2. The molecule has 0 saturated carbocycles. The minimum Gasteiger partial charge on any atom is -0.508 e. The van der Waals surface area contributed by atoms with Crippen molar-refractivity contribution in [3.05, 3.63) is 40.8 Å². The van der Waals surface area contributed by atoms with Gasteiger partial charge in [-0.1, -0.05) is 6.07 Å². The van der Waals surface area contributed by atoms with Crippen LogP contribution < -0.4 is 4.74 Å². The lowest BCUT2D eigenvalue weighted by Crippen LogP contribution is -1.92. The van der Waals surface area contributed by atoms with Gasteiger partial charge in [0.1, 0.15) is 17.8 Å². The first kappa shape index (κ1) is 10.9. The van der Waals surface area contributed by atoms with Gasteiger partial charge < -0.3 is 9.84 Å². The first-order valence-corrected chi connectivity index (χ1v) is 5.39. The summed E-state index contributed by atoms with van der Waals surface area (Å²) in [5.41, 5.74) is 0.674. The first-order valence-electron chi connectivity index (χ1n) is 4.60. The monoisotopic (exact) mass is 280 g/mol. The number of phenols is 1. The third kappa shape index (κ3) is 2.14. The number of benzene rings is 1. The maximum atomic E-state index is 9.52. The second-order valence-electron chi connectivity index (χ2n) is 3.18. The molecule has 0 saturated heterocycles. The van der Waals surface area contributed by atoms with E-state index in [-0.39, 0.29) is 5.75 Å². The predicted octanol–water partition coefficient (Wildman–Crippen LogP) is 3.05. The number of ether oxygens (including phenoxy) is 1. The maximum absolute atomic E-state index is 9.52. The van der Waals surface area contributed by atoms with Crippen LogP contribution in [0.25, 0.3) is 0 Å². The zero-order valence-corrected chi connectivity index (χ0v) is 10.1. The van der Waals surface area contributed by atoms with Gasteiger partial charge in [-0.15, -0.1) is 0 Å². The highest BCUT2D eigenvalue weighted by molar-refractivity contribution is 9.10. The molecule has 5 heteroatoms. The molecule has 1 heterocycles. The molecule has 0 aliphatic heterocycles. The standard InChI is InChI=1S/C11H9BrN2O2/c1-7-9(15)3-2-4-10(7)16-11-8(12)5-13-6-14-11/h2-6,15H,1H3. The molecule has 2 aromatic rings. The number of phenolic OH excluding ortho intramolecular Hbond substituents is 1. The smallest absolute Gasteiger partial charge is 0.236 e. The molecule has 4 nitrogen and oxygen atoms in total. The predicted molar refractivity (Wildman–Crippen MR) is 62.6 cm³/mol. The van der Waals surface area contributed by atoms with E-state index in [4.69, 9.17) is 4.74 Å². The number of halogens is 1. The van der Waals surface area contributed by atoms with Gasteiger partial charge in [0.2, 0.25) is 5.88 Å². The van der Waals surface area contributed by atoms with Gasteiger partial charge in [-0.05, 0) is 35.0 Å². The van der Waals surface area contributed by atoms with Crippen molar-refractivity contribution in [3.8, 4) is 17.4 Å². The lowest BCUT2D eigenvalue weighted by Gasteiger charge is -2.09. The highest BCUT2D eigenvalue weighted by atomic mass is 79.9. The van der Waals surface area contributed by atoms with Crippen LogP contribution in [0.15, 0.2) is 35.2 Å². The highest BCUT2D eigenvalue weighted by Crippen LogP contribution is 2.31. The van der Waals surface area contributed by atoms with Crippen LogP contribution in [0.3, 0.4) is 0 Å². The van der Waals surface area contributed by atoms with E-state index >= 15 is 0 Å². The molecule has 0 fully saturated rings. The maximum Gasteiger partial charge on any atom is 0.236 e. The zero-order chi connectivity index (χ0) is 11.5. The third-order valence-electron chi connectivity index (χ3n) is 2.10. The largest absolute Gasteiger partial charge is 0.508 e. The van der Waals surface area contributed by atoms with Crippen molar-refractivity contribution < 1.29 is 9.84 Å². The Morgan fingerprint density at radius 3 is 2.94 bits per heavy atom. The zero-order valence-electron chi connectivity index (χ0n) is 8.51. The number of hydrogen-bond acceptors (Lipinski definition) is 4. The molecule has 1 aromatic heterocycles. The van der Waals surface area contributed by atoms with Crippen molar-refractivity contribution in [3.63, 3.8) is 0 Å². The van der Waals surface area contributed by atoms with Crippen molar-refractivity contribution in [2.75, 3.05) is 0 Å². The molecule has 0 unspecified atom stereocenters. The molecule has 2 rings (SSSR count). The Kier molecular flexibility index (Phi) is 3.05. The Morgan fingerprint density at radius 1 is 1.38 bits per heavy atom. The van der Waals surface area contributed by atoms with Gasteiger partial charge in [0, 0.05) is 11.8 Å². The number of aromatic nitrogens is 2. The Balaban J connectivity index is 2.35. The van der Waals surface area contributed by atoms with Crippen LogP contribution in [0.2, 0.25) is 0 Å². The Morgan fingerprint density at radius 2 is 2.19 bits per heavy atom. The summed E-state index contributed by atoms with van der Waals surface area (Å²) in [5.74, 6) is 1.19. The summed E-state index contributed by atoms with van der Waals surface area (Å²) >= 11 is 3.28. The molecule has 82 valence electrons. The van der Waals surface area contributed by atoms with Crippen LogP contribution in [-0.2, 0) is 0 Å². The molecule has 0 spiro atoms. The van der Waals surface area contributed by atoms with Gasteiger partial charge in [-0.25, -0.2) is 9.97 Å². The summed E-state index contributed by atoms with van der Waals surface area (Å²) in [5, 5.41) is 9.52. The van der Waals surface area contributed by atoms with Gasteiger partial charge in [0.15, 0.2) is 0 Å². The molecule has 0 aliphatic carbocycles. The molecule has 0 bridgehead atoms. The van der Waals surface area contributed by atoms with E-state index in [1.807, 2.05) is 0 Å². The average molecular weight is 281 g/mol. The SMILES string of the molecule is Cc1c(O)cccc1Oc1ncncc1Br. The van der Waals surface area contributed by atoms with Crippen LogP contribution in [0.1, 0.15) is 5.56 Å². The summed E-state index contributed by atoms with van der Waals surface area (Å²) in [4.78, 5) is 7.82. The van der Waals surface area contributed by atoms with E-state index in [0.29, 0.717) is 21.7 Å². The van der Waals surface area contributed by atoms with E-state index in [2.05, 4.69) is 25.9 Å². The molecule has 0 atom stereocenters. The molecular weight excluding hydrogens is 272 g/mol. The Bertz CT molecular complexity index is 517. The quantitative estimate of drug-likeness (QED) is 0.919. The summed E-state index contributed by atoms with van der Waals surface area (Å²) in [6, 6.07) is 5.09. The summed E-state index contributed by atoms with van der Waals surface area (Å²) < 4.78 is 6.23. The van der Waals surface area contributed by atoms with Crippen LogP contribution >= 0.6 is 15.9 Å². The lowest BCUT2D eigenvalue weighted by atomic mass is 10.2. The fourth-order valence-corrected chi connectivity index (χ4v) is 1.50. The Labute approximate surface area is 101 Å². The van der Waals surface area contributed by atoms with Gasteiger partial charge in [0.25, 0.3) is 0 Å². The first-order chi connectivity index (χ1) is 7.68. The van der Waals surface area contributed by atoms with Crippen molar-refractivity contribution in [2.24, 2.45) is 0 Å². The van der Waals surface area contributed by atoms with E-state index in [1.165, 1.54) is 6.33 Å². The number of hydrogen-bond donors (Lipinski definition) is 1. The summed E-state index contributed by atoms with van der Waals surface area (Å²) in [6.45, 7) is 1.78. The van der Waals surface area contributed by atoms with Crippen molar-refractivity contribution in [2.45, 2.75) is 6.92 Å². The number of rotatable bonds is 2. The van der Waals surface area contributed by atoms with Gasteiger partial charge in [0.05, 0.1) is 4.47 Å². The van der Waals surface area contributed by atoms with Crippen LogP contribution in [-0.4, -0.2) is 15.1 Å². The normalized spacial score (nSPS) is 10.1. The molecule has 0 aliphatic rings. The molecule has 16 heavy (non-hydrogen) atoms. The van der Waals surface area contributed by atoms with Crippen molar-refractivity contribution >= 4 is 15.9 Å². The van der Waals surface area contributed by atoms with E-state index in [9.17, 15) is 5.11 Å². The average Bonchev–Trinajstić information content (AvgIpc) is 2.28. The van der Waals surface area contributed by atoms with Gasteiger partial charge in [-0.2, -0.15) is 0 Å². The topological polar surface area (TPSA) is 55.2 Å². The summed E-state index contributed by atoms with van der Waals surface area (Å²) in [6.07, 6.45) is 3.00. The third-order valence-corrected chi connectivity index (χ3v) is 2.64. The fourth-order valence-electron chi connectivity index (χ4n) is 1.19. The highest BCUT2D eigenvalue weighted by Gasteiger charge is 2.08. The number of nitrogens with zero attached hydrogens (tertiary/aromatic N) is 2. The van der Waals surface area contributed by atoms with Crippen molar-refractivity contribution in [1.29, 1.82) is 0 Å². The Hall–Kier alpha value is -1.62. The fraction of sp³-hybridized carbons (Fsp3) is 0.0909. The molecule has 0 amide bonds. The summed E-state index contributed by atoms with van der Waals surface area (Å²) in [7, 11) is 0. The minimum absolute atomic E-state index is 0.197. The van der Waals surface area contributed by atoms with E-state index < -0.39 is 0 Å². The number of aromatic hydroxyl groups is 1. The van der Waals surface area contributed by atoms with Gasteiger partial charge in [-0.3, -0.25) is 0 Å². The molecule has 0 radical (unpaired) electrons. The van der Waals surface area contributed by atoms with Crippen LogP contribution in [0.5, 0.6) is 17.4 Å². The second-order valence-corrected chi connectivity index (χ2v) is 4.03. The van der Waals surface area contributed by atoms with E-state index in [0.717, 1.165) is 0 Å². The second kappa shape index (κ2) is 4.49. The molecule has 1 N–H and O–H groups in total.